The summed E-state index contributed by atoms with van der Waals surface area (Å²) in [6.07, 6.45) is 0.375. The van der Waals surface area contributed by atoms with Crippen LogP contribution in [0, 0.1) is 6.92 Å². The van der Waals surface area contributed by atoms with Crippen LogP contribution in [-0.2, 0) is 11.2 Å². The van der Waals surface area contributed by atoms with Crippen molar-refractivity contribution >= 4 is 5.97 Å². The Morgan fingerprint density at radius 3 is 2.43 bits per heavy atom. The van der Waals surface area contributed by atoms with Gasteiger partial charge in [0, 0.05) is 6.42 Å². The molecule has 76 valence electrons. The first-order valence-corrected chi connectivity index (χ1v) is 4.24. The Morgan fingerprint density at radius 2 is 1.86 bits per heavy atom. The van der Waals surface area contributed by atoms with Crippen LogP contribution in [0.15, 0.2) is 12.1 Å². The fourth-order valence-corrected chi connectivity index (χ4v) is 1.24. The summed E-state index contributed by atoms with van der Waals surface area (Å²) in [7, 11) is 0. The molecule has 14 heavy (non-hydrogen) atoms. The quantitative estimate of drug-likeness (QED) is 0.639. The highest BCUT2D eigenvalue weighted by Gasteiger charge is 2.06. The summed E-state index contributed by atoms with van der Waals surface area (Å²) in [5.74, 6) is -1.27. The third kappa shape index (κ3) is 2.39. The van der Waals surface area contributed by atoms with Gasteiger partial charge in [0.2, 0.25) is 0 Å². The molecule has 4 nitrogen and oxygen atoms in total. The molecule has 3 N–H and O–H groups in total. The highest BCUT2D eigenvalue weighted by atomic mass is 16.4. The van der Waals surface area contributed by atoms with E-state index in [0.29, 0.717) is 6.42 Å². The molecule has 0 heterocycles. The number of carbonyl (C=O) groups is 1. The molecule has 1 rings (SSSR count). The van der Waals surface area contributed by atoms with Crippen molar-refractivity contribution in [2.45, 2.75) is 19.8 Å². The molecular formula is C10H12O4. The number of rotatable bonds is 3. The van der Waals surface area contributed by atoms with Gasteiger partial charge in [-0.1, -0.05) is 0 Å². The van der Waals surface area contributed by atoms with E-state index in [0.717, 1.165) is 11.1 Å². The van der Waals surface area contributed by atoms with Crippen molar-refractivity contribution in [2.75, 3.05) is 0 Å². The first-order valence-electron chi connectivity index (χ1n) is 4.24. The lowest BCUT2D eigenvalue weighted by Crippen LogP contribution is -1.98. The Labute approximate surface area is 81.4 Å². The molecule has 0 amide bonds. The molecule has 0 atom stereocenters. The van der Waals surface area contributed by atoms with E-state index in [-0.39, 0.29) is 17.9 Å². The molecule has 0 fully saturated rings. The van der Waals surface area contributed by atoms with Crippen LogP contribution in [-0.4, -0.2) is 21.3 Å². The summed E-state index contributed by atoms with van der Waals surface area (Å²) in [5.41, 5.74) is 1.52. The minimum Gasteiger partial charge on any atom is -0.504 e. The Morgan fingerprint density at radius 1 is 1.29 bits per heavy atom. The molecular weight excluding hydrogens is 184 g/mol. The molecule has 0 saturated carbocycles. The van der Waals surface area contributed by atoms with Crippen molar-refractivity contribution in [1.82, 2.24) is 0 Å². The van der Waals surface area contributed by atoms with Gasteiger partial charge in [0.15, 0.2) is 11.5 Å². The maximum atomic E-state index is 10.3. The van der Waals surface area contributed by atoms with Crippen molar-refractivity contribution in [3.05, 3.63) is 23.3 Å². The summed E-state index contributed by atoms with van der Waals surface area (Å²) in [4.78, 5) is 10.3. The van der Waals surface area contributed by atoms with Gasteiger partial charge in [-0.3, -0.25) is 4.79 Å². The number of aryl methyl sites for hydroxylation is 2. The first kappa shape index (κ1) is 10.4. The fraction of sp³-hybridized carbons (Fsp3) is 0.300. The lowest BCUT2D eigenvalue weighted by molar-refractivity contribution is -0.136. The molecule has 0 bridgehead atoms. The van der Waals surface area contributed by atoms with E-state index in [2.05, 4.69) is 0 Å². The van der Waals surface area contributed by atoms with Crippen LogP contribution in [0.1, 0.15) is 17.5 Å². The lowest BCUT2D eigenvalue weighted by Gasteiger charge is -2.06. The average molecular weight is 196 g/mol. The molecule has 0 aromatic heterocycles. The number of hydrogen-bond donors (Lipinski definition) is 3. The molecule has 0 aliphatic rings. The second kappa shape index (κ2) is 4.00. The number of carboxylic acid groups (broad SMARTS) is 1. The molecule has 1 aromatic carbocycles. The van der Waals surface area contributed by atoms with Crippen LogP contribution in [0.5, 0.6) is 11.5 Å². The Balaban J connectivity index is 2.87. The van der Waals surface area contributed by atoms with Crippen molar-refractivity contribution in [1.29, 1.82) is 0 Å². The van der Waals surface area contributed by atoms with Gasteiger partial charge in [-0.2, -0.15) is 0 Å². The van der Waals surface area contributed by atoms with E-state index in [4.69, 9.17) is 10.2 Å². The summed E-state index contributed by atoms with van der Waals surface area (Å²) < 4.78 is 0. The summed E-state index contributed by atoms with van der Waals surface area (Å²) >= 11 is 0. The van der Waals surface area contributed by atoms with Crippen molar-refractivity contribution in [2.24, 2.45) is 0 Å². The number of phenols is 2. The fourth-order valence-electron chi connectivity index (χ4n) is 1.24. The molecule has 0 saturated heterocycles. The number of phenolic OH excluding ortho intramolecular Hbond substituents is 2. The minimum absolute atomic E-state index is 0.0189. The zero-order valence-corrected chi connectivity index (χ0v) is 7.82. The van der Waals surface area contributed by atoms with E-state index in [1.165, 1.54) is 12.1 Å². The van der Waals surface area contributed by atoms with Crippen molar-refractivity contribution in [3.63, 3.8) is 0 Å². The lowest BCUT2D eigenvalue weighted by atomic mass is 10.0. The van der Waals surface area contributed by atoms with Gasteiger partial charge in [-0.25, -0.2) is 0 Å². The average Bonchev–Trinajstić information content (AvgIpc) is 2.09. The summed E-state index contributed by atoms with van der Waals surface area (Å²) in [6, 6.07) is 2.82. The zero-order valence-electron chi connectivity index (χ0n) is 7.82. The van der Waals surface area contributed by atoms with Crippen LogP contribution in [0.2, 0.25) is 0 Å². The van der Waals surface area contributed by atoms with Gasteiger partial charge >= 0.3 is 5.97 Å². The van der Waals surface area contributed by atoms with Gasteiger partial charge in [-0.05, 0) is 36.6 Å². The van der Waals surface area contributed by atoms with E-state index < -0.39 is 5.97 Å². The highest BCUT2D eigenvalue weighted by molar-refractivity contribution is 5.67. The summed E-state index contributed by atoms with van der Waals surface area (Å²) in [6.45, 7) is 1.76. The van der Waals surface area contributed by atoms with Crippen LogP contribution < -0.4 is 0 Å². The molecule has 1 aromatic rings. The first-order chi connectivity index (χ1) is 6.50. The maximum Gasteiger partial charge on any atom is 0.303 e. The molecule has 0 radical (unpaired) electrons. The number of hydrogen-bond acceptors (Lipinski definition) is 3. The monoisotopic (exact) mass is 196 g/mol. The molecule has 0 spiro atoms. The van der Waals surface area contributed by atoms with E-state index in [1.807, 2.05) is 0 Å². The Kier molecular flexibility index (Phi) is 2.96. The predicted molar refractivity (Wildman–Crippen MR) is 50.5 cm³/mol. The third-order valence-electron chi connectivity index (χ3n) is 2.04. The van der Waals surface area contributed by atoms with Gasteiger partial charge in [0.25, 0.3) is 0 Å². The van der Waals surface area contributed by atoms with Gasteiger partial charge in [-0.15, -0.1) is 0 Å². The minimum atomic E-state index is -0.878. The molecule has 4 heteroatoms. The normalized spacial score (nSPS) is 10.1. The number of carboxylic acids is 1. The highest BCUT2D eigenvalue weighted by Crippen LogP contribution is 2.28. The van der Waals surface area contributed by atoms with Crippen LogP contribution in [0.25, 0.3) is 0 Å². The number of aromatic hydroxyl groups is 2. The number of aliphatic carboxylic acids is 1. The van der Waals surface area contributed by atoms with Gasteiger partial charge in [0.1, 0.15) is 0 Å². The molecule has 0 unspecified atom stereocenters. The van der Waals surface area contributed by atoms with Crippen LogP contribution in [0.3, 0.4) is 0 Å². The van der Waals surface area contributed by atoms with Crippen LogP contribution in [0.4, 0.5) is 0 Å². The van der Waals surface area contributed by atoms with E-state index in [1.54, 1.807) is 6.92 Å². The van der Waals surface area contributed by atoms with Crippen molar-refractivity contribution in [3.8, 4) is 11.5 Å². The maximum absolute atomic E-state index is 10.3. The van der Waals surface area contributed by atoms with Gasteiger partial charge < -0.3 is 15.3 Å². The number of benzene rings is 1. The van der Waals surface area contributed by atoms with Gasteiger partial charge in [0.05, 0.1) is 0 Å². The third-order valence-corrected chi connectivity index (χ3v) is 2.04. The second-order valence-electron chi connectivity index (χ2n) is 3.16. The SMILES string of the molecule is Cc1cc(O)c(O)cc1CCC(=O)O. The second-order valence-corrected chi connectivity index (χ2v) is 3.16. The standard InChI is InChI=1S/C10H12O4/c1-6-4-8(11)9(12)5-7(6)2-3-10(13)14/h4-5,11-12H,2-3H2,1H3,(H,13,14). The predicted octanol–water partition coefficient (Wildman–Crippen LogP) is 1.42. The topological polar surface area (TPSA) is 77.8 Å². The Bertz CT molecular complexity index is 357. The molecule has 0 aliphatic heterocycles. The van der Waals surface area contributed by atoms with E-state index >= 15 is 0 Å². The van der Waals surface area contributed by atoms with Crippen molar-refractivity contribution < 1.29 is 20.1 Å². The van der Waals surface area contributed by atoms with Crippen LogP contribution >= 0.6 is 0 Å². The largest absolute Gasteiger partial charge is 0.504 e. The molecule has 0 aliphatic carbocycles. The van der Waals surface area contributed by atoms with E-state index in [9.17, 15) is 9.90 Å². The smallest absolute Gasteiger partial charge is 0.303 e. The zero-order chi connectivity index (χ0) is 10.7. The Hall–Kier alpha value is -1.71. The summed E-state index contributed by atoms with van der Waals surface area (Å²) in [5, 5.41) is 26.8.